The van der Waals surface area contributed by atoms with Gasteiger partial charge >= 0.3 is 6.36 Å². The van der Waals surface area contributed by atoms with Crippen LogP contribution in [0.4, 0.5) is 18.9 Å². The van der Waals surface area contributed by atoms with Gasteiger partial charge in [-0.15, -0.1) is 13.2 Å². The van der Waals surface area contributed by atoms with Crippen LogP contribution in [-0.4, -0.2) is 64.1 Å². The number of hydrogen-bond donors (Lipinski definition) is 1. The molecule has 0 spiro atoms. The first-order chi connectivity index (χ1) is 15.1. The van der Waals surface area contributed by atoms with Crippen molar-refractivity contribution in [2.45, 2.75) is 12.9 Å². The molecule has 1 saturated heterocycles. The number of alkyl halides is 3. The van der Waals surface area contributed by atoms with Gasteiger partial charge in [-0.25, -0.2) is 0 Å². The molecule has 1 heterocycles. The molecule has 2 aromatic carbocycles. The smallest absolute Gasteiger partial charge is 0.573 e. The number of carbonyl (C=O) groups excluding carboxylic acids is 1. The summed E-state index contributed by atoms with van der Waals surface area (Å²) >= 11 is -2.86. The number of benzene rings is 2. The predicted molar refractivity (Wildman–Crippen MR) is 110 cm³/mol. The zero-order chi connectivity index (χ0) is 23.3. The summed E-state index contributed by atoms with van der Waals surface area (Å²) < 4.78 is 70.6. The van der Waals surface area contributed by atoms with E-state index >= 15 is 0 Å². The van der Waals surface area contributed by atoms with Crippen LogP contribution in [-0.2, 0) is 17.8 Å². The molecule has 174 valence electrons. The van der Waals surface area contributed by atoms with Crippen LogP contribution in [0.2, 0.25) is 0 Å². The molecular formula is C20H21F3N3O5S-. The van der Waals surface area contributed by atoms with Gasteiger partial charge < -0.3 is 23.6 Å². The number of anilines is 1. The number of methoxy groups -OCH3 is 1. The third-order valence-corrected chi connectivity index (χ3v) is 5.26. The van der Waals surface area contributed by atoms with E-state index in [1.54, 1.807) is 7.11 Å². The molecule has 0 radical (unpaired) electrons. The Bertz CT molecular complexity index is 964. The van der Waals surface area contributed by atoms with E-state index in [-0.39, 0.29) is 5.56 Å². The van der Waals surface area contributed by atoms with Crippen molar-refractivity contribution < 1.29 is 36.2 Å². The summed E-state index contributed by atoms with van der Waals surface area (Å²) in [7, 11) is 1.60. The first kappa shape index (κ1) is 23.8. The molecule has 8 nitrogen and oxygen atoms in total. The van der Waals surface area contributed by atoms with Crippen molar-refractivity contribution in [3.05, 3.63) is 53.6 Å². The number of nitrogens with zero attached hydrogens (tertiary/aromatic N) is 2. The molecule has 1 atom stereocenters. The number of carbonyl (C=O) groups is 1. The summed E-state index contributed by atoms with van der Waals surface area (Å²) in [6.45, 7) is 2.68. The number of piperazine rings is 1. The Morgan fingerprint density at radius 2 is 1.78 bits per heavy atom. The molecule has 32 heavy (non-hydrogen) atoms. The number of ether oxygens (including phenoxy) is 2. The molecule has 3 rings (SSSR count). The minimum absolute atomic E-state index is 0.0323. The highest BCUT2D eigenvalue weighted by molar-refractivity contribution is 7.80. The fraction of sp³-hybridized carbons (Fsp3) is 0.350. The lowest BCUT2D eigenvalue weighted by atomic mass is 10.1. The van der Waals surface area contributed by atoms with Gasteiger partial charge in [0.1, 0.15) is 5.75 Å². The van der Waals surface area contributed by atoms with Crippen LogP contribution in [0.3, 0.4) is 0 Å². The normalized spacial score (nSPS) is 15.8. The topological polar surface area (TPSA) is 94.2 Å². The summed E-state index contributed by atoms with van der Waals surface area (Å²) in [4.78, 5) is 16.5. The molecule has 0 saturated carbocycles. The molecule has 2 aromatic rings. The van der Waals surface area contributed by atoms with Gasteiger partial charge in [-0.05, 0) is 35.9 Å². The molecule has 1 N–H and O–H groups in total. The van der Waals surface area contributed by atoms with Crippen molar-refractivity contribution >= 4 is 22.9 Å². The lowest BCUT2D eigenvalue weighted by molar-refractivity contribution is -0.274. The van der Waals surface area contributed by atoms with E-state index in [0.717, 1.165) is 23.4 Å². The van der Waals surface area contributed by atoms with Gasteiger partial charge in [0, 0.05) is 49.6 Å². The van der Waals surface area contributed by atoms with Crippen LogP contribution in [0.25, 0.3) is 0 Å². The van der Waals surface area contributed by atoms with Crippen LogP contribution >= 0.6 is 0 Å². The maximum absolute atomic E-state index is 12.8. The van der Waals surface area contributed by atoms with E-state index < -0.39 is 35.0 Å². The average Bonchev–Trinajstić information content (AvgIpc) is 2.74. The van der Waals surface area contributed by atoms with Gasteiger partial charge in [0.15, 0.2) is 5.75 Å². The lowest BCUT2D eigenvalue weighted by Gasteiger charge is -2.35. The maximum Gasteiger partial charge on any atom is 0.573 e. The third-order valence-electron chi connectivity index (χ3n) is 4.87. The number of hydrogen-bond acceptors (Lipinski definition) is 6. The molecule has 0 aliphatic carbocycles. The molecule has 1 amide bonds. The second-order valence-electron chi connectivity index (χ2n) is 7.01. The quantitative estimate of drug-likeness (QED) is 0.623. The molecule has 0 aromatic heterocycles. The van der Waals surface area contributed by atoms with Crippen molar-refractivity contribution in [1.82, 2.24) is 9.80 Å². The van der Waals surface area contributed by atoms with E-state index in [2.05, 4.69) is 9.64 Å². The zero-order valence-electron chi connectivity index (χ0n) is 17.1. The number of nitrogens with one attached hydrogen (secondary N) is 1. The highest BCUT2D eigenvalue weighted by Crippen LogP contribution is 2.32. The van der Waals surface area contributed by atoms with Gasteiger partial charge in [0.25, 0.3) is 5.91 Å². The van der Waals surface area contributed by atoms with Crippen molar-refractivity contribution in [2.75, 3.05) is 38.0 Å². The van der Waals surface area contributed by atoms with Gasteiger partial charge in [0.05, 0.1) is 12.8 Å². The van der Waals surface area contributed by atoms with Gasteiger partial charge in [0.2, 0.25) is 0 Å². The molecular weight excluding hydrogens is 451 g/mol. The first-order valence-corrected chi connectivity index (χ1v) is 10.6. The number of halogens is 3. The van der Waals surface area contributed by atoms with Crippen molar-refractivity contribution in [1.29, 1.82) is 0 Å². The summed E-state index contributed by atoms with van der Waals surface area (Å²) in [6, 6.07) is 10.9. The van der Waals surface area contributed by atoms with Crippen LogP contribution in [0.5, 0.6) is 11.5 Å². The Kier molecular flexibility index (Phi) is 7.59. The Balaban J connectivity index is 1.64. The highest BCUT2D eigenvalue weighted by Gasteiger charge is 2.33. The minimum atomic E-state index is -5.05. The van der Waals surface area contributed by atoms with Crippen LogP contribution in [0, 0.1) is 0 Å². The molecule has 0 bridgehead atoms. The molecule has 1 aliphatic rings. The summed E-state index contributed by atoms with van der Waals surface area (Å²) in [5.41, 5.74) is 0.643. The molecule has 1 fully saturated rings. The van der Waals surface area contributed by atoms with E-state index in [1.807, 2.05) is 29.0 Å². The highest BCUT2D eigenvalue weighted by atomic mass is 32.2. The standard InChI is InChI=1S/C20H22F3N3O5S/c1-30-16-5-2-14(3-6-16)13-25-8-10-26(11-9-25)19(27)15-4-7-17(24-32(28)29)18(12-15)31-20(21,22)23/h2-7,12,24H,8-11,13H2,1H3,(H,28,29)/p-1. The first-order valence-electron chi connectivity index (χ1n) is 9.55. The van der Waals surface area contributed by atoms with Crippen molar-refractivity contribution in [3.63, 3.8) is 0 Å². The van der Waals surface area contributed by atoms with E-state index in [4.69, 9.17) is 4.74 Å². The second kappa shape index (κ2) is 10.2. The van der Waals surface area contributed by atoms with E-state index in [1.165, 1.54) is 11.0 Å². The Morgan fingerprint density at radius 1 is 1.12 bits per heavy atom. The van der Waals surface area contributed by atoms with Crippen LogP contribution in [0.15, 0.2) is 42.5 Å². The van der Waals surface area contributed by atoms with Crippen LogP contribution < -0.4 is 14.2 Å². The van der Waals surface area contributed by atoms with Crippen molar-refractivity contribution in [3.8, 4) is 11.5 Å². The van der Waals surface area contributed by atoms with E-state index in [0.29, 0.717) is 32.7 Å². The van der Waals surface area contributed by atoms with Crippen LogP contribution in [0.1, 0.15) is 15.9 Å². The zero-order valence-corrected chi connectivity index (χ0v) is 17.9. The molecule has 1 unspecified atom stereocenters. The van der Waals surface area contributed by atoms with Gasteiger partial charge in [-0.3, -0.25) is 13.9 Å². The summed E-state index contributed by atoms with van der Waals surface area (Å²) in [6.07, 6.45) is -5.05. The summed E-state index contributed by atoms with van der Waals surface area (Å²) in [5.74, 6) is -0.498. The Hall–Kier alpha value is -2.83. The van der Waals surface area contributed by atoms with E-state index in [9.17, 15) is 26.7 Å². The fourth-order valence-corrected chi connectivity index (χ4v) is 3.67. The Labute approximate surface area is 185 Å². The van der Waals surface area contributed by atoms with Crippen molar-refractivity contribution in [2.24, 2.45) is 0 Å². The third kappa shape index (κ3) is 6.58. The maximum atomic E-state index is 12.8. The van der Waals surface area contributed by atoms with Gasteiger partial charge in [-0.1, -0.05) is 12.1 Å². The second-order valence-corrected chi connectivity index (χ2v) is 7.69. The molecule has 12 heteroatoms. The average molecular weight is 472 g/mol. The number of amides is 1. The molecule has 1 aliphatic heterocycles. The summed E-state index contributed by atoms with van der Waals surface area (Å²) in [5, 5.41) is 0. The van der Waals surface area contributed by atoms with Gasteiger partial charge in [-0.2, -0.15) is 0 Å². The largest absolute Gasteiger partial charge is 0.755 e. The number of rotatable bonds is 7. The predicted octanol–water partition coefficient (Wildman–Crippen LogP) is 2.76. The SMILES string of the molecule is COc1ccc(CN2CCN(C(=O)c3ccc(NS(=O)[O-])c(OC(F)(F)F)c3)CC2)cc1. The fourth-order valence-electron chi connectivity index (χ4n) is 3.32. The Morgan fingerprint density at radius 3 is 2.34 bits per heavy atom. The monoisotopic (exact) mass is 472 g/mol. The minimum Gasteiger partial charge on any atom is -0.755 e. The lowest BCUT2D eigenvalue weighted by Crippen LogP contribution is -2.48.